The molecule has 0 aliphatic heterocycles. The Kier molecular flexibility index (Phi) is 3.45. The monoisotopic (exact) mass is 183 g/mol. The van der Waals surface area contributed by atoms with E-state index in [9.17, 15) is 4.79 Å². The number of nitrogens with zero attached hydrogens (tertiary/aromatic N) is 2. The molecular formula is C8H13N3O2. The molecule has 1 aromatic rings. The molecule has 0 radical (unpaired) electrons. The molecule has 0 aliphatic rings. The van der Waals surface area contributed by atoms with Crippen LogP contribution < -0.4 is 5.32 Å². The van der Waals surface area contributed by atoms with Crippen LogP contribution in [-0.4, -0.2) is 33.9 Å². The molecule has 0 saturated carbocycles. The van der Waals surface area contributed by atoms with Gasteiger partial charge in [-0.15, -0.1) is 0 Å². The Hall–Kier alpha value is -1.36. The first-order valence-electron chi connectivity index (χ1n) is 4.09. The third-order valence-electron chi connectivity index (χ3n) is 1.50. The number of aliphatic hydroxyl groups is 1. The summed E-state index contributed by atoms with van der Waals surface area (Å²) < 4.78 is 1.56. The van der Waals surface area contributed by atoms with Crippen molar-refractivity contribution in [2.24, 2.45) is 0 Å². The fraction of sp³-hybridized carbons (Fsp3) is 0.500. The van der Waals surface area contributed by atoms with E-state index in [1.807, 2.05) is 6.92 Å². The number of aliphatic hydroxyl groups excluding tert-OH is 1. The van der Waals surface area contributed by atoms with Gasteiger partial charge in [0.1, 0.15) is 6.54 Å². The number of nitrogens with one attached hydrogen (secondary N) is 1. The Morgan fingerprint density at radius 2 is 2.54 bits per heavy atom. The van der Waals surface area contributed by atoms with Crippen molar-refractivity contribution in [3.8, 4) is 0 Å². The molecule has 0 aliphatic carbocycles. The zero-order chi connectivity index (χ0) is 9.68. The van der Waals surface area contributed by atoms with Crippen LogP contribution in [0.1, 0.15) is 5.56 Å². The third-order valence-corrected chi connectivity index (χ3v) is 1.50. The van der Waals surface area contributed by atoms with E-state index in [0.717, 1.165) is 5.56 Å². The first-order chi connectivity index (χ1) is 6.22. The van der Waals surface area contributed by atoms with Crippen molar-refractivity contribution in [1.29, 1.82) is 0 Å². The highest BCUT2D eigenvalue weighted by Crippen LogP contribution is 1.93. The standard InChI is InChI=1S/C8H13N3O2/c1-7-4-10-11(5-7)6-8(13)9-2-3-12/h4-5,12H,2-3,6H2,1H3,(H,9,13). The molecule has 0 bridgehead atoms. The smallest absolute Gasteiger partial charge is 0.241 e. The van der Waals surface area contributed by atoms with Crippen molar-refractivity contribution in [3.63, 3.8) is 0 Å². The minimum absolute atomic E-state index is 0.0378. The second kappa shape index (κ2) is 4.61. The summed E-state index contributed by atoms with van der Waals surface area (Å²) in [4.78, 5) is 11.1. The van der Waals surface area contributed by atoms with Crippen LogP contribution in [-0.2, 0) is 11.3 Å². The number of hydrogen-bond donors (Lipinski definition) is 2. The summed E-state index contributed by atoms with van der Waals surface area (Å²) in [5, 5.41) is 14.9. The highest BCUT2D eigenvalue weighted by atomic mass is 16.3. The lowest BCUT2D eigenvalue weighted by atomic mass is 10.4. The fourth-order valence-corrected chi connectivity index (χ4v) is 0.952. The Morgan fingerprint density at radius 3 is 3.08 bits per heavy atom. The molecule has 5 nitrogen and oxygen atoms in total. The van der Waals surface area contributed by atoms with Crippen LogP contribution in [0.5, 0.6) is 0 Å². The summed E-state index contributed by atoms with van der Waals surface area (Å²) in [5.41, 5.74) is 1.02. The van der Waals surface area contributed by atoms with Gasteiger partial charge in [0, 0.05) is 12.7 Å². The van der Waals surface area contributed by atoms with E-state index >= 15 is 0 Å². The van der Waals surface area contributed by atoms with Crippen LogP contribution in [0, 0.1) is 6.92 Å². The SMILES string of the molecule is Cc1cnn(CC(=O)NCCO)c1. The normalized spacial score (nSPS) is 10.0. The molecule has 0 aromatic carbocycles. The number of carbonyl (C=O) groups is 1. The largest absolute Gasteiger partial charge is 0.395 e. The number of aryl methyl sites for hydroxylation is 1. The molecule has 1 amide bonds. The van der Waals surface area contributed by atoms with Crippen molar-refractivity contribution in [1.82, 2.24) is 15.1 Å². The lowest BCUT2D eigenvalue weighted by Crippen LogP contribution is -2.30. The van der Waals surface area contributed by atoms with E-state index in [4.69, 9.17) is 5.11 Å². The molecular weight excluding hydrogens is 170 g/mol. The van der Waals surface area contributed by atoms with Crippen molar-refractivity contribution in [2.45, 2.75) is 13.5 Å². The van der Waals surface area contributed by atoms with E-state index in [2.05, 4.69) is 10.4 Å². The van der Waals surface area contributed by atoms with Gasteiger partial charge in [0.05, 0.1) is 12.8 Å². The van der Waals surface area contributed by atoms with Gasteiger partial charge in [-0.1, -0.05) is 0 Å². The number of carbonyl (C=O) groups excluding carboxylic acids is 1. The first-order valence-corrected chi connectivity index (χ1v) is 4.09. The highest BCUT2D eigenvalue weighted by molar-refractivity contribution is 5.75. The second-order valence-corrected chi connectivity index (χ2v) is 2.79. The van der Waals surface area contributed by atoms with Gasteiger partial charge in [-0.05, 0) is 12.5 Å². The number of rotatable bonds is 4. The van der Waals surface area contributed by atoms with Crippen LogP contribution in [0.3, 0.4) is 0 Å². The molecule has 0 fully saturated rings. The number of amides is 1. The molecule has 0 spiro atoms. The van der Waals surface area contributed by atoms with Crippen molar-refractivity contribution in [3.05, 3.63) is 18.0 Å². The Balaban J connectivity index is 2.36. The van der Waals surface area contributed by atoms with Gasteiger partial charge >= 0.3 is 0 Å². The van der Waals surface area contributed by atoms with Gasteiger partial charge in [0.15, 0.2) is 0 Å². The zero-order valence-electron chi connectivity index (χ0n) is 7.53. The quantitative estimate of drug-likeness (QED) is 0.648. The zero-order valence-corrected chi connectivity index (χ0v) is 7.53. The predicted octanol–water partition coefficient (Wildman–Crippen LogP) is -0.700. The van der Waals surface area contributed by atoms with Crippen LogP contribution in [0.25, 0.3) is 0 Å². The predicted molar refractivity (Wildman–Crippen MR) is 47.1 cm³/mol. The summed E-state index contributed by atoms with van der Waals surface area (Å²) in [6.07, 6.45) is 3.48. The Morgan fingerprint density at radius 1 is 1.77 bits per heavy atom. The van der Waals surface area contributed by atoms with Gasteiger partial charge < -0.3 is 10.4 Å². The van der Waals surface area contributed by atoms with E-state index in [1.54, 1.807) is 17.1 Å². The van der Waals surface area contributed by atoms with Crippen molar-refractivity contribution < 1.29 is 9.90 Å². The maximum atomic E-state index is 11.1. The molecule has 5 heteroatoms. The van der Waals surface area contributed by atoms with E-state index in [0.29, 0.717) is 6.54 Å². The molecule has 1 rings (SSSR count). The van der Waals surface area contributed by atoms with E-state index in [1.165, 1.54) is 0 Å². The van der Waals surface area contributed by atoms with Crippen LogP contribution >= 0.6 is 0 Å². The first kappa shape index (κ1) is 9.73. The number of hydrogen-bond acceptors (Lipinski definition) is 3. The summed E-state index contributed by atoms with van der Waals surface area (Å²) in [5.74, 6) is -0.142. The Bertz CT molecular complexity index is 283. The molecule has 0 saturated heterocycles. The molecule has 0 unspecified atom stereocenters. The minimum Gasteiger partial charge on any atom is -0.395 e. The molecule has 1 aromatic heterocycles. The van der Waals surface area contributed by atoms with Crippen molar-refractivity contribution >= 4 is 5.91 Å². The fourth-order valence-electron chi connectivity index (χ4n) is 0.952. The van der Waals surface area contributed by atoms with Crippen LogP contribution in [0.2, 0.25) is 0 Å². The lowest BCUT2D eigenvalue weighted by Gasteiger charge is -2.02. The lowest BCUT2D eigenvalue weighted by molar-refractivity contribution is -0.122. The molecule has 0 atom stereocenters. The molecule has 2 N–H and O–H groups in total. The minimum atomic E-state index is -0.142. The van der Waals surface area contributed by atoms with E-state index < -0.39 is 0 Å². The average molecular weight is 183 g/mol. The molecule has 13 heavy (non-hydrogen) atoms. The van der Waals surface area contributed by atoms with Gasteiger partial charge in [-0.2, -0.15) is 5.10 Å². The second-order valence-electron chi connectivity index (χ2n) is 2.79. The van der Waals surface area contributed by atoms with Crippen LogP contribution in [0.4, 0.5) is 0 Å². The summed E-state index contributed by atoms with van der Waals surface area (Å²) >= 11 is 0. The summed E-state index contributed by atoms with van der Waals surface area (Å²) in [6, 6.07) is 0. The van der Waals surface area contributed by atoms with Gasteiger partial charge in [0.2, 0.25) is 5.91 Å². The van der Waals surface area contributed by atoms with Crippen molar-refractivity contribution in [2.75, 3.05) is 13.2 Å². The average Bonchev–Trinajstić information content (AvgIpc) is 2.48. The van der Waals surface area contributed by atoms with Gasteiger partial charge in [-0.25, -0.2) is 0 Å². The summed E-state index contributed by atoms with van der Waals surface area (Å²) in [7, 11) is 0. The van der Waals surface area contributed by atoms with E-state index in [-0.39, 0.29) is 19.1 Å². The number of aromatic nitrogens is 2. The Labute approximate surface area is 76.4 Å². The maximum Gasteiger partial charge on any atom is 0.241 e. The van der Waals surface area contributed by atoms with Gasteiger partial charge in [-0.3, -0.25) is 9.48 Å². The highest BCUT2D eigenvalue weighted by Gasteiger charge is 2.01. The summed E-state index contributed by atoms with van der Waals surface area (Å²) in [6.45, 7) is 2.37. The topological polar surface area (TPSA) is 67.2 Å². The molecule has 72 valence electrons. The van der Waals surface area contributed by atoms with Gasteiger partial charge in [0.25, 0.3) is 0 Å². The van der Waals surface area contributed by atoms with Crippen LogP contribution in [0.15, 0.2) is 12.4 Å². The molecule has 1 heterocycles. The maximum absolute atomic E-state index is 11.1. The third kappa shape index (κ3) is 3.25.